The van der Waals surface area contributed by atoms with E-state index in [0.29, 0.717) is 12.0 Å². The van der Waals surface area contributed by atoms with Crippen LogP contribution in [0.1, 0.15) is 45.5 Å². The first kappa shape index (κ1) is 15.0. The summed E-state index contributed by atoms with van der Waals surface area (Å²) in [5.41, 5.74) is 1.43. The van der Waals surface area contributed by atoms with Crippen LogP contribution in [-0.4, -0.2) is 32.6 Å². The van der Waals surface area contributed by atoms with Gasteiger partial charge in [0.1, 0.15) is 11.4 Å². The zero-order chi connectivity index (χ0) is 16.4. The van der Waals surface area contributed by atoms with Gasteiger partial charge in [0.2, 0.25) is 0 Å². The van der Waals surface area contributed by atoms with Gasteiger partial charge in [0, 0.05) is 10.5 Å². The molecule has 1 saturated heterocycles. The lowest BCUT2D eigenvalue weighted by Crippen LogP contribution is -2.38. The van der Waals surface area contributed by atoms with Crippen molar-refractivity contribution in [1.82, 2.24) is 14.9 Å². The van der Waals surface area contributed by atoms with Crippen molar-refractivity contribution in [2.75, 3.05) is 0 Å². The monoisotopic (exact) mass is 377 g/mol. The Balaban J connectivity index is 1.65. The van der Waals surface area contributed by atoms with Crippen LogP contribution in [0.3, 0.4) is 0 Å². The minimum absolute atomic E-state index is 0.0141. The summed E-state index contributed by atoms with van der Waals surface area (Å²) in [7, 11) is 0. The molecule has 5 nitrogen and oxygen atoms in total. The van der Waals surface area contributed by atoms with Crippen molar-refractivity contribution in [1.29, 1.82) is 0 Å². The van der Waals surface area contributed by atoms with E-state index < -0.39 is 5.60 Å². The third-order valence-corrected chi connectivity index (χ3v) is 4.98. The number of hydrogen-bond donors (Lipinski definition) is 1. The molecule has 0 bridgehead atoms. The number of nitrogens with zero attached hydrogens (tertiary/aromatic N) is 2. The zero-order valence-electron chi connectivity index (χ0n) is 13.5. The van der Waals surface area contributed by atoms with Crippen LogP contribution in [0.15, 0.2) is 22.7 Å². The molecule has 122 valence electrons. The summed E-state index contributed by atoms with van der Waals surface area (Å²) < 4.78 is 6.61. The van der Waals surface area contributed by atoms with Crippen molar-refractivity contribution >= 4 is 33.1 Å². The number of nitrogens with one attached hydrogen (secondary N) is 1. The maximum absolute atomic E-state index is 12.6. The van der Waals surface area contributed by atoms with Gasteiger partial charge < -0.3 is 9.72 Å². The zero-order valence-corrected chi connectivity index (χ0v) is 15.1. The highest BCUT2D eigenvalue weighted by Crippen LogP contribution is 2.53. The van der Waals surface area contributed by atoms with E-state index in [1.54, 1.807) is 0 Å². The lowest BCUT2D eigenvalue weighted by Gasteiger charge is -2.29. The normalized spacial score (nSPS) is 26.4. The van der Waals surface area contributed by atoms with Gasteiger partial charge in [-0.15, -0.1) is 0 Å². The van der Waals surface area contributed by atoms with Crippen LogP contribution in [-0.2, 0) is 4.74 Å². The molecule has 2 unspecified atom stereocenters. The molecule has 2 aromatic rings. The number of benzene rings is 1. The standard InChI is InChI=1S/C17H20BrN3O2/c1-17(2,3)23-16(22)21-13-6-9(13)7-14(21)15-19-11-5-4-10(18)8-12(11)20-15/h4-5,8-9,13-14H,6-7H2,1-3H3,(H,19,20)/t9?,13?,14-/m0/s1. The van der Waals surface area contributed by atoms with Crippen molar-refractivity contribution < 1.29 is 9.53 Å². The Morgan fingerprint density at radius 3 is 2.91 bits per heavy atom. The fraction of sp³-hybridized carbons (Fsp3) is 0.529. The molecule has 0 spiro atoms. The second-order valence-corrected chi connectivity index (χ2v) is 8.40. The van der Waals surface area contributed by atoms with E-state index >= 15 is 0 Å². The summed E-state index contributed by atoms with van der Waals surface area (Å²) in [6, 6.07) is 6.27. The molecular formula is C17H20BrN3O2. The molecule has 1 aromatic carbocycles. The molecule has 1 aliphatic heterocycles. The number of amides is 1. The molecule has 2 heterocycles. The summed E-state index contributed by atoms with van der Waals surface area (Å²) in [5, 5.41) is 0. The number of aromatic nitrogens is 2. The van der Waals surface area contributed by atoms with Gasteiger partial charge in [-0.05, 0) is 57.7 Å². The topological polar surface area (TPSA) is 58.2 Å². The number of likely N-dealkylation sites (tertiary alicyclic amines) is 1. The number of carbonyl (C=O) groups excluding carboxylic acids is 1. The number of hydrogen-bond acceptors (Lipinski definition) is 3. The van der Waals surface area contributed by atoms with Crippen LogP contribution in [0.5, 0.6) is 0 Å². The molecule has 4 rings (SSSR count). The number of fused-ring (bicyclic) bond motifs is 2. The molecule has 2 fully saturated rings. The van der Waals surface area contributed by atoms with Gasteiger partial charge >= 0.3 is 6.09 Å². The van der Waals surface area contributed by atoms with Crippen molar-refractivity contribution in [3.8, 4) is 0 Å². The van der Waals surface area contributed by atoms with Crippen LogP contribution in [0.25, 0.3) is 11.0 Å². The van der Waals surface area contributed by atoms with Crippen molar-refractivity contribution in [3.05, 3.63) is 28.5 Å². The van der Waals surface area contributed by atoms with E-state index in [1.807, 2.05) is 43.9 Å². The average Bonchev–Trinajstić information content (AvgIpc) is 2.92. The second-order valence-electron chi connectivity index (χ2n) is 7.49. The number of H-pyrrole nitrogens is 1. The third-order valence-electron chi connectivity index (χ3n) is 4.49. The fourth-order valence-corrected chi connectivity index (χ4v) is 3.80. The summed E-state index contributed by atoms with van der Waals surface area (Å²) in [6.45, 7) is 5.71. The van der Waals surface area contributed by atoms with Gasteiger partial charge in [0.25, 0.3) is 0 Å². The molecule has 1 N–H and O–H groups in total. The number of rotatable bonds is 1. The molecule has 3 atom stereocenters. The molecule has 1 aliphatic carbocycles. The Bertz CT molecular complexity index is 780. The highest BCUT2D eigenvalue weighted by molar-refractivity contribution is 9.10. The highest BCUT2D eigenvalue weighted by atomic mass is 79.9. The van der Waals surface area contributed by atoms with Crippen LogP contribution in [0, 0.1) is 5.92 Å². The van der Waals surface area contributed by atoms with Crippen LogP contribution in [0.2, 0.25) is 0 Å². The number of halogens is 1. The first-order chi connectivity index (χ1) is 10.8. The Hall–Kier alpha value is -1.56. The summed E-state index contributed by atoms with van der Waals surface area (Å²) in [6.07, 6.45) is 1.82. The predicted molar refractivity (Wildman–Crippen MR) is 91.1 cm³/mol. The van der Waals surface area contributed by atoms with Gasteiger partial charge in [-0.25, -0.2) is 9.78 Å². The first-order valence-electron chi connectivity index (χ1n) is 7.98. The fourth-order valence-electron chi connectivity index (χ4n) is 3.44. The smallest absolute Gasteiger partial charge is 0.411 e. The predicted octanol–water partition coefficient (Wildman–Crippen LogP) is 4.40. The van der Waals surface area contributed by atoms with Gasteiger partial charge in [-0.2, -0.15) is 0 Å². The Kier molecular flexibility index (Phi) is 3.24. The number of carbonyl (C=O) groups is 1. The molecule has 1 saturated carbocycles. The molecule has 1 amide bonds. The maximum atomic E-state index is 12.6. The Morgan fingerprint density at radius 2 is 2.17 bits per heavy atom. The van der Waals surface area contributed by atoms with E-state index in [9.17, 15) is 4.79 Å². The van der Waals surface area contributed by atoms with Crippen molar-refractivity contribution in [3.63, 3.8) is 0 Å². The quantitative estimate of drug-likeness (QED) is 0.801. The van der Waals surface area contributed by atoms with Crippen molar-refractivity contribution in [2.24, 2.45) is 5.92 Å². The van der Waals surface area contributed by atoms with E-state index in [0.717, 1.165) is 34.2 Å². The van der Waals surface area contributed by atoms with Crippen LogP contribution >= 0.6 is 15.9 Å². The highest BCUT2D eigenvalue weighted by Gasteiger charge is 2.56. The molecule has 1 aromatic heterocycles. The summed E-state index contributed by atoms with van der Waals surface area (Å²) >= 11 is 3.48. The number of piperidine rings is 1. The van der Waals surface area contributed by atoms with Gasteiger partial charge in [0.15, 0.2) is 0 Å². The molecule has 23 heavy (non-hydrogen) atoms. The van der Waals surface area contributed by atoms with Crippen LogP contribution < -0.4 is 0 Å². The van der Waals surface area contributed by atoms with Crippen molar-refractivity contribution in [2.45, 2.75) is 51.3 Å². The van der Waals surface area contributed by atoms with Gasteiger partial charge in [-0.3, -0.25) is 4.90 Å². The van der Waals surface area contributed by atoms with E-state index in [-0.39, 0.29) is 12.1 Å². The average molecular weight is 378 g/mol. The largest absolute Gasteiger partial charge is 0.444 e. The minimum Gasteiger partial charge on any atom is -0.444 e. The lowest BCUT2D eigenvalue weighted by atomic mass is 10.1. The Labute approximate surface area is 143 Å². The number of aromatic amines is 1. The summed E-state index contributed by atoms with van der Waals surface area (Å²) in [4.78, 5) is 22.6. The molecular weight excluding hydrogens is 358 g/mol. The first-order valence-corrected chi connectivity index (χ1v) is 8.77. The van der Waals surface area contributed by atoms with Gasteiger partial charge in [0.05, 0.1) is 17.1 Å². The van der Waals surface area contributed by atoms with Crippen LogP contribution in [0.4, 0.5) is 4.79 Å². The summed E-state index contributed by atoms with van der Waals surface area (Å²) in [5.74, 6) is 1.45. The maximum Gasteiger partial charge on any atom is 0.411 e. The molecule has 0 radical (unpaired) electrons. The number of imidazole rings is 1. The van der Waals surface area contributed by atoms with E-state index in [2.05, 4.69) is 20.9 Å². The SMILES string of the molecule is CC(C)(C)OC(=O)N1C2CC2C[C@H]1c1nc2ccc(Br)cc2[nH]1. The molecule has 6 heteroatoms. The van der Waals surface area contributed by atoms with E-state index in [4.69, 9.17) is 9.72 Å². The minimum atomic E-state index is -0.479. The number of ether oxygens (including phenoxy) is 1. The van der Waals surface area contributed by atoms with E-state index in [1.165, 1.54) is 0 Å². The second kappa shape index (κ2) is 4.97. The lowest BCUT2D eigenvalue weighted by molar-refractivity contribution is 0.0175. The van der Waals surface area contributed by atoms with Gasteiger partial charge in [-0.1, -0.05) is 15.9 Å². The Morgan fingerprint density at radius 1 is 1.39 bits per heavy atom. The third kappa shape index (κ3) is 2.73. The molecule has 2 aliphatic rings.